The zero-order valence-corrected chi connectivity index (χ0v) is 48.1. The molecule has 12 nitrogen and oxygen atoms in total. The van der Waals surface area contributed by atoms with Gasteiger partial charge < -0.3 is 0 Å². The van der Waals surface area contributed by atoms with Gasteiger partial charge in [0, 0.05) is 0 Å². The van der Waals surface area contributed by atoms with Gasteiger partial charge in [-0.2, -0.15) is 0 Å². The van der Waals surface area contributed by atoms with E-state index in [4.69, 9.17) is 18.4 Å². The van der Waals surface area contributed by atoms with Crippen LogP contribution >= 0.6 is 0 Å². The normalized spacial score (nSPS) is 19.2. The minimum absolute atomic E-state index is 0.0502. The average molecular weight is 1140 g/mol. The maximum atomic E-state index is 14.5. The van der Waals surface area contributed by atoms with Crippen LogP contribution in [0, 0.1) is 17.8 Å². The van der Waals surface area contributed by atoms with Gasteiger partial charge in [-0.3, -0.25) is 0 Å². The molecule has 0 aromatic carbocycles. The second-order valence-electron chi connectivity index (χ2n) is 19.8. The predicted octanol–water partition coefficient (Wildman–Crippen LogP) is 13.5. The van der Waals surface area contributed by atoms with E-state index in [2.05, 4.69) is 55.4 Å². The van der Waals surface area contributed by atoms with Crippen LogP contribution in [0.4, 0.5) is 0 Å². The van der Waals surface area contributed by atoms with Gasteiger partial charge in [-0.15, -0.1) is 0 Å². The van der Waals surface area contributed by atoms with Crippen LogP contribution in [0.3, 0.4) is 0 Å². The van der Waals surface area contributed by atoms with E-state index in [1.165, 1.54) is 12.2 Å². The third kappa shape index (κ3) is 25.8. The molecule has 2 heterocycles. The van der Waals surface area contributed by atoms with Crippen molar-refractivity contribution in [1.82, 2.24) is 0 Å². The number of carbonyl (C=O) groups excluding carboxylic acids is 6. The van der Waals surface area contributed by atoms with Gasteiger partial charge in [-0.25, -0.2) is 0 Å². The maximum absolute atomic E-state index is 14.5. The molecule has 0 aromatic heterocycles. The summed E-state index contributed by atoms with van der Waals surface area (Å²) < 4.78 is 36.4. The van der Waals surface area contributed by atoms with E-state index in [0.717, 1.165) is 128 Å². The minimum atomic E-state index is -5.37. The van der Waals surface area contributed by atoms with E-state index in [9.17, 15) is 28.8 Å². The molecule has 0 saturated heterocycles. The van der Waals surface area contributed by atoms with Crippen molar-refractivity contribution < 1.29 is 47.2 Å². The van der Waals surface area contributed by atoms with Crippen LogP contribution in [0.5, 0.6) is 0 Å². The van der Waals surface area contributed by atoms with Crippen LogP contribution in [0.1, 0.15) is 229 Å². The number of hydrogen-bond donors (Lipinski definition) is 0. The number of unbranched alkanes of at least 4 members (excludes halogenated alkanes) is 16. The summed E-state index contributed by atoms with van der Waals surface area (Å²) in [5.74, 6) is -3.23. The van der Waals surface area contributed by atoms with E-state index in [0.29, 0.717) is 62.7 Å². The summed E-state index contributed by atoms with van der Waals surface area (Å²) in [6, 6.07) is 0. The van der Waals surface area contributed by atoms with Crippen molar-refractivity contribution in [2.24, 2.45) is 17.8 Å². The van der Waals surface area contributed by atoms with E-state index in [-0.39, 0.29) is 32.0 Å². The molecule has 2 atom stereocenters. The Kier molecular flexibility index (Phi) is 30.8. The molecule has 0 radical (unpaired) electrons. The SMILES string of the molecule is CCCCCCC[CH2][Sn]1([O]C(=O)/C=C(/CCCCCC(C)C)C(=O)[O][Sn]2([CH2]CCCCCCC)[O]C(=O)C=C(CCCCCC(C)C)C(=O)[O]2)[O]C(=O)C=C(CCCCCC(C)C)C(=O)[O]1. The van der Waals surface area contributed by atoms with Crippen LogP contribution < -0.4 is 0 Å². The van der Waals surface area contributed by atoms with E-state index in [1.54, 1.807) is 0 Å². The second kappa shape index (κ2) is 34.0. The van der Waals surface area contributed by atoms with Gasteiger partial charge in [-0.05, 0) is 0 Å². The molecule has 0 saturated carbocycles. The standard InChI is InChI=1S/3C12H20O4.2C8H17.2Sn/c3*1-9(2)6-4-3-5-7-10(12(15)16)8-11(13)14;2*1-3-5-7-8-6-4-2;;/h3*8-9H,3-7H2,1-2H3,(H,13,14)(H,15,16);2*1,3-8H2,2H3;;/q;;;;;2*+3/p-6/b10-8-;;;;;;. The Bertz CT molecular complexity index is 1600. The van der Waals surface area contributed by atoms with E-state index < -0.39 is 75.1 Å². The molecular formula is C52H88O12Sn2. The molecule has 376 valence electrons. The molecule has 2 unspecified atom stereocenters. The van der Waals surface area contributed by atoms with E-state index in [1.807, 2.05) is 0 Å². The summed E-state index contributed by atoms with van der Waals surface area (Å²) in [5.41, 5.74) is 0.347. The van der Waals surface area contributed by atoms with Crippen molar-refractivity contribution >= 4 is 75.1 Å². The van der Waals surface area contributed by atoms with Gasteiger partial charge in [0.25, 0.3) is 0 Å². The van der Waals surface area contributed by atoms with Gasteiger partial charge in [-0.1, -0.05) is 0 Å². The van der Waals surface area contributed by atoms with Crippen LogP contribution in [0.15, 0.2) is 34.9 Å². The van der Waals surface area contributed by atoms with Gasteiger partial charge in [0.2, 0.25) is 0 Å². The van der Waals surface area contributed by atoms with Crippen LogP contribution in [0.25, 0.3) is 0 Å². The average Bonchev–Trinajstić information content (AvgIpc) is 3.43. The molecule has 2 rings (SSSR count). The number of rotatable bonds is 36. The summed E-state index contributed by atoms with van der Waals surface area (Å²) >= 11 is -10.7. The molecule has 0 aromatic rings. The predicted molar refractivity (Wildman–Crippen MR) is 262 cm³/mol. The molecule has 0 amide bonds. The van der Waals surface area contributed by atoms with Crippen LogP contribution in [0.2, 0.25) is 8.87 Å². The third-order valence-corrected chi connectivity index (χ3v) is 26.2. The van der Waals surface area contributed by atoms with Crippen LogP contribution in [-0.4, -0.2) is 75.1 Å². The topological polar surface area (TPSA) is 158 Å². The fourth-order valence-corrected chi connectivity index (χ4v) is 21.1. The molecule has 2 aliphatic heterocycles. The zero-order chi connectivity index (χ0) is 48.8. The molecule has 0 fully saturated rings. The first-order valence-electron chi connectivity index (χ1n) is 26.0. The molecular weight excluding hydrogens is 1050 g/mol. The first kappa shape index (κ1) is 59.8. The first-order valence-corrected chi connectivity index (χ1v) is 37.1. The van der Waals surface area contributed by atoms with E-state index >= 15 is 0 Å². The summed E-state index contributed by atoms with van der Waals surface area (Å²) in [4.78, 5) is 82.8. The Morgan fingerprint density at radius 3 is 1.30 bits per heavy atom. The Morgan fingerprint density at radius 1 is 0.500 bits per heavy atom. The van der Waals surface area contributed by atoms with Crippen molar-refractivity contribution in [2.45, 2.75) is 238 Å². The first-order chi connectivity index (χ1) is 31.5. The summed E-state index contributed by atoms with van der Waals surface area (Å²) in [7, 11) is 0. The van der Waals surface area contributed by atoms with Crippen molar-refractivity contribution in [3.8, 4) is 0 Å². The second-order valence-corrected chi connectivity index (χ2v) is 34.0. The molecule has 14 heteroatoms. The van der Waals surface area contributed by atoms with Crippen LogP contribution in [-0.2, 0) is 47.2 Å². The number of carbonyl (C=O) groups is 6. The third-order valence-electron chi connectivity index (χ3n) is 12.0. The molecule has 0 bridgehead atoms. The van der Waals surface area contributed by atoms with Gasteiger partial charge in [0.05, 0.1) is 0 Å². The summed E-state index contributed by atoms with van der Waals surface area (Å²) in [5, 5.41) is 0. The van der Waals surface area contributed by atoms with Crippen molar-refractivity contribution in [2.75, 3.05) is 0 Å². The monoisotopic (exact) mass is 1140 g/mol. The van der Waals surface area contributed by atoms with Gasteiger partial charge in [0.15, 0.2) is 0 Å². The summed E-state index contributed by atoms with van der Waals surface area (Å²) in [6.45, 7) is 17.2. The fourth-order valence-electron chi connectivity index (χ4n) is 8.10. The van der Waals surface area contributed by atoms with Crippen molar-refractivity contribution in [1.29, 1.82) is 0 Å². The number of hydrogen-bond acceptors (Lipinski definition) is 12. The Hall–Kier alpha value is -2.36. The Balaban J connectivity index is 2.46. The molecule has 0 spiro atoms. The zero-order valence-electron chi connectivity index (χ0n) is 42.4. The molecule has 66 heavy (non-hydrogen) atoms. The van der Waals surface area contributed by atoms with Crippen molar-refractivity contribution in [3.63, 3.8) is 0 Å². The Labute approximate surface area is 409 Å². The molecule has 2 aliphatic rings. The summed E-state index contributed by atoms with van der Waals surface area (Å²) in [6.07, 6.45) is 25.5. The van der Waals surface area contributed by atoms with Gasteiger partial charge >= 0.3 is 413 Å². The Morgan fingerprint density at radius 2 is 0.879 bits per heavy atom. The molecule has 0 aliphatic carbocycles. The molecule has 0 N–H and O–H groups in total. The van der Waals surface area contributed by atoms with Crippen molar-refractivity contribution in [3.05, 3.63) is 34.9 Å². The quantitative estimate of drug-likeness (QED) is 0.0333. The van der Waals surface area contributed by atoms with Gasteiger partial charge in [0.1, 0.15) is 0 Å². The fraction of sp³-hybridized carbons (Fsp3) is 0.769.